The SMILES string of the molecule is CCCCCCNC(=O)n1cc(-c2ccc(C(F)(F)F)cc2)c(=O)[nH]c1=O.CCCCCCNC(=O)n1cc(-c2ccc(C)cc2)c(=O)[nH]c1=O.CCCCCCNC(=O)n1cc(-c2ccc(OC)cc2)c(=O)[nH]c1=O. The van der Waals surface area contributed by atoms with Crippen molar-refractivity contribution in [2.24, 2.45) is 0 Å². The lowest BCUT2D eigenvalue weighted by atomic mass is 10.1. The van der Waals surface area contributed by atoms with Gasteiger partial charge in [-0.2, -0.15) is 13.2 Å². The molecule has 0 unspecified atom stereocenters. The molecule has 3 aromatic heterocycles. The number of aryl methyl sites for hydroxylation is 1. The predicted molar refractivity (Wildman–Crippen MR) is 285 cm³/mol. The van der Waals surface area contributed by atoms with Crippen molar-refractivity contribution in [1.82, 2.24) is 44.6 Å². The molecule has 0 saturated heterocycles. The minimum Gasteiger partial charge on any atom is -0.497 e. The Balaban J connectivity index is 0.000000247. The summed E-state index contributed by atoms with van der Waals surface area (Å²) in [6.07, 6.45) is 11.1. The molecule has 0 radical (unpaired) electrons. The Kier molecular flexibility index (Phi) is 23.9. The third-order valence-electron chi connectivity index (χ3n) is 11.7. The Morgan fingerprint density at radius 3 is 1.07 bits per heavy atom. The van der Waals surface area contributed by atoms with E-state index in [1.54, 1.807) is 43.5 Å². The number of nitrogens with zero attached hydrogens (tertiary/aromatic N) is 3. The maximum Gasteiger partial charge on any atom is 0.416 e. The second-order valence-corrected chi connectivity index (χ2v) is 17.6. The van der Waals surface area contributed by atoms with Crippen molar-refractivity contribution in [3.8, 4) is 39.1 Å². The van der Waals surface area contributed by atoms with Gasteiger partial charge in [-0.1, -0.05) is 133 Å². The Labute approximate surface area is 435 Å². The smallest absolute Gasteiger partial charge is 0.416 e. The summed E-state index contributed by atoms with van der Waals surface area (Å²) < 4.78 is 45.6. The summed E-state index contributed by atoms with van der Waals surface area (Å²) in [4.78, 5) is 115. The van der Waals surface area contributed by atoms with Crippen molar-refractivity contribution in [2.45, 2.75) is 111 Å². The van der Waals surface area contributed by atoms with Crippen LogP contribution in [0.5, 0.6) is 5.75 Å². The molecule has 0 aliphatic rings. The molecule has 76 heavy (non-hydrogen) atoms. The number of alkyl halides is 3. The highest BCUT2D eigenvalue weighted by Crippen LogP contribution is 2.30. The fourth-order valence-electron chi connectivity index (χ4n) is 7.32. The number of rotatable bonds is 19. The summed E-state index contributed by atoms with van der Waals surface area (Å²) in [5, 5.41) is 7.98. The van der Waals surface area contributed by atoms with Gasteiger partial charge in [0.25, 0.3) is 16.7 Å². The molecule has 3 aromatic carbocycles. The van der Waals surface area contributed by atoms with Crippen LogP contribution in [-0.4, -0.2) is 73.5 Å². The van der Waals surface area contributed by atoms with Crippen molar-refractivity contribution in [3.05, 3.63) is 165 Å². The van der Waals surface area contributed by atoms with Crippen LogP contribution in [0.15, 0.2) is 120 Å². The van der Waals surface area contributed by atoms with E-state index >= 15 is 0 Å². The topological polar surface area (TPSA) is 261 Å². The zero-order chi connectivity index (χ0) is 55.8. The molecule has 0 aliphatic heterocycles. The van der Waals surface area contributed by atoms with E-state index in [2.05, 4.69) is 46.7 Å². The van der Waals surface area contributed by atoms with Crippen molar-refractivity contribution >= 4 is 18.1 Å². The van der Waals surface area contributed by atoms with E-state index < -0.39 is 63.6 Å². The Hall–Kier alpha value is -8.30. The molecule has 0 bridgehead atoms. The van der Waals surface area contributed by atoms with Crippen LogP contribution >= 0.6 is 0 Å². The maximum absolute atomic E-state index is 12.7. The van der Waals surface area contributed by atoms with Crippen molar-refractivity contribution in [2.75, 3.05) is 26.7 Å². The minimum absolute atomic E-state index is 0.0792. The van der Waals surface area contributed by atoms with Gasteiger partial charge in [0.05, 0.1) is 29.4 Å². The van der Waals surface area contributed by atoms with Gasteiger partial charge in [0.15, 0.2) is 0 Å². The van der Waals surface area contributed by atoms with Crippen LogP contribution in [0.2, 0.25) is 0 Å². The second-order valence-electron chi connectivity index (χ2n) is 17.6. The molecule has 0 saturated carbocycles. The second kappa shape index (κ2) is 30.2. The summed E-state index contributed by atoms with van der Waals surface area (Å²) in [7, 11) is 1.55. The summed E-state index contributed by atoms with van der Waals surface area (Å²) in [6, 6.07) is 16.2. The van der Waals surface area contributed by atoms with Gasteiger partial charge in [-0.05, 0) is 67.1 Å². The van der Waals surface area contributed by atoms with Gasteiger partial charge in [0.2, 0.25) is 0 Å². The van der Waals surface area contributed by atoms with E-state index in [9.17, 15) is 56.3 Å². The number of H-pyrrole nitrogens is 3. The first-order valence-electron chi connectivity index (χ1n) is 25.1. The number of aromatic nitrogens is 6. The van der Waals surface area contributed by atoms with Crippen LogP contribution in [0.25, 0.3) is 33.4 Å². The number of nitrogens with one attached hydrogen (secondary N) is 6. The lowest BCUT2D eigenvalue weighted by Crippen LogP contribution is -2.40. The third kappa shape index (κ3) is 18.3. The molecular weight excluding hydrogens is 992 g/mol. The number of aromatic amines is 3. The van der Waals surface area contributed by atoms with E-state index in [0.29, 0.717) is 41.1 Å². The maximum atomic E-state index is 12.7. The number of hydrogen-bond donors (Lipinski definition) is 6. The molecule has 19 nitrogen and oxygen atoms in total. The van der Waals surface area contributed by atoms with Crippen LogP contribution in [0.4, 0.5) is 27.6 Å². The Bertz CT molecular complexity index is 3210. The third-order valence-corrected chi connectivity index (χ3v) is 11.7. The Morgan fingerprint density at radius 2 is 0.776 bits per heavy atom. The predicted octanol–water partition coefficient (Wildman–Crippen LogP) is 8.36. The molecule has 0 fully saturated rings. The van der Waals surface area contributed by atoms with Gasteiger partial charge in [-0.25, -0.2) is 42.5 Å². The zero-order valence-electron chi connectivity index (χ0n) is 43.3. The minimum atomic E-state index is -4.50. The largest absolute Gasteiger partial charge is 0.497 e. The number of halogens is 3. The highest BCUT2D eigenvalue weighted by Gasteiger charge is 2.30. The van der Waals surface area contributed by atoms with Crippen LogP contribution in [0, 0.1) is 6.92 Å². The van der Waals surface area contributed by atoms with Gasteiger partial charge in [-0.3, -0.25) is 29.3 Å². The Morgan fingerprint density at radius 1 is 0.474 bits per heavy atom. The molecular formula is C54H66F3N9O10. The van der Waals surface area contributed by atoms with Crippen LogP contribution in [0.3, 0.4) is 0 Å². The average Bonchev–Trinajstić information content (AvgIpc) is 3.39. The number of carbonyl (C=O) groups excluding carboxylic acids is 3. The van der Waals surface area contributed by atoms with E-state index in [1.165, 1.54) is 12.4 Å². The van der Waals surface area contributed by atoms with Crippen LogP contribution in [-0.2, 0) is 6.18 Å². The lowest BCUT2D eigenvalue weighted by molar-refractivity contribution is -0.137. The van der Waals surface area contributed by atoms with E-state index in [4.69, 9.17) is 4.74 Å². The molecule has 3 amide bonds. The van der Waals surface area contributed by atoms with E-state index in [1.807, 2.05) is 24.0 Å². The number of carbonyl (C=O) groups is 3. The molecule has 0 aliphatic carbocycles. The highest BCUT2D eigenvalue weighted by atomic mass is 19.4. The van der Waals surface area contributed by atoms with Crippen molar-refractivity contribution in [1.29, 1.82) is 0 Å². The number of hydrogen-bond acceptors (Lipinski definition) is 10. The van der Waals surface area contributed by atoms with Gasteiger partial charge in [-0.15, -0.1) is 0 Å². The van der Waals surface area contributed by atoms with Gasteiger partial charge < -0.3 is 20.7 Å². The summed E-state index contributed by atoms with van der Waals surface area (Å²) in [6.45, 7) is 9.60. The molecule has 6 N–H and O–H groups in total. The quantitative estimate of drug-likeness (QED) is 0.0422. The number of benzene rings is 3. The summed E-state index contributed by atoms with van der Waals surface area (Å²) >= 11 is 0. The van der Waals surface area contributed by atoms with Crippen LogP contribution < -0.4 is 54.4 Å². The monoisotopic (exact) mass is 1060 g/mol. The van der Waals surface area contributed by atoms with Crippen molar-refractivity contribution in [3.63, 3.8) is 0 Å². The molecule has 6 rings (SSSR count). The van der Waals surface area contributed by atoms with E-state index in [-0.39, 0.29) is 22.3 Å². The highest BCUT2D eigenvalue weighted by molar-refractivity contribution is 5.79. The van der Waals surface area contributed by atoms with Gasteiger partial charge in [0.1, 0.15) is 5.75 Å². The van der Waals surface area contributed by atoms with Gasteiger partial charge in [0, 0.05) is 38.2 Å². The first-order chi connectivity index (χ1) is 36.3. The van der Waals surface area contributed by atoms with Crippen LogP contribution in [0.1, 0.15) is 109 Å². The number of methoxy groups -OCH3 is 1. The molecule has 0 spiro atoms. The first-order valence-corrected chi connectivity index (χ1v) is 25.1. The number of ether oxygens (including phenoxy) is 1. The van der Waals surface area contributed by atoms with Crippen molar-refractivity contribution < 1.29 is 32.3 Å². The normalized spacial score (nSPS) is 10.8. The van der Waals surface area contributed by atoms with E-state index in [0.717, 1.165) is 122 Å². The van der Waals surface area contributed by atoms with Gasteiger partial charge >= 0.3 is 41.3 Å². The first kappa shape index (κ1) is 60.3. The number of unbranched alkanes of at least 4 members (excludes halogenated alkanes) is 9. The average molecular weight is 1060 g/mol. The molecule has 22 heteroatoms. The lowest BCUT2D eigenvalue weighted by Gasteiger charge is -2.10. The molecule has 3 heterocycles. The molecule has 6 aromatic rings. The molecule has 408 valence electrons. The number of amides is 3. The standard InChI is InChI=1S/C18H20F3N3O3.C18H23N3O4.C18H23N3O3/c1-2-3-4-5-10-22-16(26)24-11-14(15(25)23-17(24)27)12-6-8-13(9-7-12)18(19,20)21;1-3-4-5-6-11-19-17(23)21-12-15(16(22)20-18(21)24)13-7-9-14(25-2)10-8-13;1-3-4-5-6-11-19-17(23)21-12-15(16(22)20-18(21)24)14-9-7-13(2)8-10-14/h6-9,11H,2-5,10H2,1H3,(H,22,26)(H,23,25,27);7-10,12H,3-6,11H2,1-2H3,(H,19,23)(H,20,22,24);7-10,12H,3-6,11H2,1-2H3,(H,19,23)(H,20,22,24). The zero-order valence-corrected chi connectivity index (χ0v) is 43.3. The molecule has 0 atom stereocenters. The summed E-state index contributed by atoms with van der Waals surface area (Å²) in [5.74, 6) is 0.651. The fourth-order valence-corrected chi connectivity index (χ4v) is 7.32. The fraction of sp³-hybridized carbons (Fsp3) is 0.389. The summed E-state index contributed by atoms with van der Waals surface area (Å²) in [5.41, 5.74) is -2.17.